The molecule has 0 amide bonds. The van der Waals surface area contributed by atoms with Crippen LogP contribution in [-0.2, 0) is 4.18 Å². The maximum atomic E-state index is 8.98. The Morgan fingerprint density at radius 2 is 2.50 bits per heavy atom. The van der Waals surface area contributed by atoms with E-state index in [1.807, 2.05) is 21.2 Å². The molecule has 0 aliphatic carbocycles. The predicted molar refractivity (Wildman–Crippen MR) is 71.3 cm³/mol. The van der Waals surface area contributed by atoms with Crippen LogP contribution in [0.15, 0.2) is 24.7 Å². The third-order valence-electron chi connectivity index (χ3n) is 2.03. The van der Waals surface area contributed by atoms with Gasteiger partial charge < -0.3 is 4.40 Å². The van der Waals surface area contributed by atoms with Gasteiger partial charge in [-0.1, -0.05) is 11.6 Å². The van der Waals surface area contributed by atoms with Crippen LogP contribution >= 0.6 is 42.0 Å². The van der Waals surface area contributed by atoms with Crippen molar-refractivity contribution in [3.8, 4) is 6.07 Å². The molecule has 0 aromatic carbocycles. The Morgan fingerprint density at radius 3 is 3.19 bits per heavy atom. The quantitative estimate of drug-likeness (QED) is 0.616. The summed E-state index contributed by atoms with van der Waals surface area (Å²) in [6.07, 6.45) is 2.73. The number of rotatable bonds is 3. The monoisotopic (exact) mass is 365 g/mol. The second-order valence-corrected chi connectivity index (χ2v) is 4.77. The molecule has 2 aromatic heterocycles. The van der Waals surface area contributed by atoms with Crippen LogP contribution in [0.4, 0.5) is 0 Å². The van der Waals surface area contributed by atoms with Crippen molar-refractivity contribution in [2.24, 2.45) is 0 Å². The number of nitriles is 1. The smallest absolute Gasteiger partial charge is 0.203 e. The Hall–Kier alpha value is -0.490. The number of aromatic nitrogens is 2. The van der Waals surface area contributed by atoms with E-state index in [1.54, 1.807) is 29.1 Å². The molecule has 0 radical (unpaired) electrons. The molecule has 0 saturated carbocycles. The summed E-state index contributed by atoms with van der Waals surface area (Å²) in [5, 5.41) is 9.59. The molecule has 2 rings (SSSR count). The van der Waals surface area contributed by atoms with Crippen LogP contribution in [0.1, 0.15) is 11.8 Å². The van der Waals surface area contributed by atoms with E-state index in [-0.39, 0.29) is 0 Å². The number of pyridine rings is 1. The predicted octanol–water partition coefficient (Wildman–Crippen LogP) is 3.57. The summed E-state index contributed by atoms with van der Waals surface area (Å²) in [5.41, 5.74) is 1.36. The number of hydrogen-bond acceptors (Lipinski definition) is 4. The molecule has 0 bridgehead atoms. The second kappa shape index (κ2) is 5.23. The van der Waals surface area contributed by atoms with E-state index in [4.69, 9.17) is 21.0 Å². The minimum absolute atomic E-state index is 0.578. The average Bonchev–Trinajstić information content (AvgIpc) is 2.69. The summed E-state index contributed by atoms with van der Waals surface area (Å²) in [7, 11) is 1.11. The van der Waals surface area contributed by atoms with Crippen LogP contribution in [0.25, 0.3) is 5.52 Å². The lowest BCUT2D eigenvalue weighted by Crippen LogP contribution is -1.97. The number of nitrogens with zero attached hydrogens (tertiary/aromatic N) is 3. The Morgan fingerprint density at radius 1 is 1.69 bits per heavy atom. The second-order valence-electron chi connectivity index (χ2n) is 2.94. The van der Waals surface area contributed by atoms with Crippen molar-refractivity contribution in [3.05, 3.63) is 35.4 Å². The third-order valence-corrected chi connectivity index (χ3v) is 3.15. The van der Waals surface area contributed by atoms with Crippen LogP contribution in [-0.4, -0.2) is 9.38 Å². The highest BCUT2D eigenvalue weighted by molar-refractivity contribution is 14.2. The van der Waals surface area contributed by atoms with E-state index >= 15 is 0 Å². The number of imidazole rings is 1. The van der Waals surface area contributed by atoms with Crippen molar-refractivity contribution in [2.45, 2.75) is 6.10 Å². The molecule has 0 saturated heterocycles. The van der Waals surface area contributed by atoms with Crippen LogP contribution in [0.2, 0.25) is 5.02 Å². The summed E-state index contributed by atoms with van der Waals surface area (Å²) in [5.74, 6) is 0. The molecular formula is C9H5ClIN3OS. The Balaban J connectivity index is 2.52. The Labute approximate surface area is 113 Å². The largest absolute Gasteiger partial charge is 0.306 e. The fraction of sp³-hybridized carbons (Fsp3) is 0.111. The molecule has 2 heterocycles. The number of hydrogen-bond donors (Lipinski definition) is 0. The minimum atomic E-state index is -0.689. The summed E-state index contributed by atoms with van der Waals surface area (Å²) in [4.78, 5) is 4.17. The third kappa shape index (κ3) is 2.27. The van der Waals surface area contributed by atoms with Crippen molar-refractivity contribution in [2.75, 3.05) is 0 Å². The Kier molecular flexibility index (Phi) is 3.91. The van der Waals surface area contributed by atoms with Gasteiger partial charge in [-0.05, 0) is 12.1 Å². The zero-order chi connectivity index (χ0) is 11.5. The van der Waals surface area contributed by atoms with Crippen LogP contribution in [0, 0.1) is 11.3 Å². The van der Waals surface area contributed by atoms with Crippen molar-refractivity contribution < 1.29 is 4.18 Å². The van der Waals surface area contributed by atoms with Gasteiger partial charge in [0.2, 0.25) is 6.10 Å². The first kappa shape index (κ1) is 12.0. The molecule has 1 unspecified atom stereocenters. The molecule has 4 nitrogen and oxygen atoms in total. The molecule has 0 fully saturated rings. The van der Waals surface area contributed by atoms with Gasteiger partial charge >= 0.3 is 0 Å². The molecule has 0 aliphatic heterocycles. The minimum Gasteiger partial charge on any atom is -0.306 e. The summed E-state index contributed by atoms with van der Waals surface area (Å²) < 4.78 is 7.01. The van der Waals surface area contributed by atoms with Crippen LogP contribution in [0.5, 0.6) is 0 Å². The van der Waals surface area contributed by atoms with Crippen molar-refractivity contribution in [1.82, 2.24) is 9.38 Å². The van der Waals surface area contributed by atoms with E-state index in [9.17, 15) is 0 Å². The molecule has 82 valence electrons. The first-order valence-corrected chi connectivity index (χ1v) is 7.88. The first-order chi connectivity index (χ1) is 7.76. The normalized spacial score (nSPS) is 12.6. The molecule has 2 aromatic rings. The topological polar surface area (TPSA) is 50.3 Å². The highest BCUT2D eigenvalue weighted by Gasteiger charge is 2.17. The van der Waals surface area contributed by atoms with Gasteiger partial charge in [0.05, 0.1) is 21.1 Å². The van der Waals surface area contributed by atoms with Gasteiger partial charge in [-0.25, -0.2) is 4.98 Å². The standard InChI is InChI=1S/C9H5ClIN3OS/c10-6-1-2-14-5-13-9(7(14)3-6)8(4-12)15-16-11/h1-3,5,8H. The summed E-state index contributed by atoms with van der Waals surface area (Å²) in [6.45, 7) is 0. The molecule has 7 heteroatoms. The highest BCUT2D eigenvalue weighted by atomic mass is 127. The van der Waals surface area contributed by atoms with E-state index in [2.05, 4.69) is 11.1 Å². The van der Waals surface area contributed by atoms with Crippen molar-refractivity contribution in [3.63, 3.8) is 0 Å². The average molecular weight is 366 g/mol. The maximum Gasteiger partial charge on any atom is 0.203 e. The number of halogens is 2. The van der Waals surface area contributed by atoms with Crippen molar-refractivity contribution >= 4 is 47.5 Å². The van der Waals surface area contributed by atoms with E-state index in [1.165, 1.54) is 0 Å². The lowest BCUT2D eigenvalue weighted by atomic mass is 10.2. The van der Waals surface area contributed by atoms with Crippen LogP contribution in [0.3, 0.4) is 0 Å². The zero-order valence-electron chi connectivity index (χ0n) is 7.80. The lowest BCUT2D eigenvalue weighted by Gasteiger charge is -2.04. The SMILES string of the molecule is N#CC(OSI)c1ncn2ccc(Cl)cc12. The highest BCUT2D eigenvalue weighted by Crippen LogP contribution is 2.28. The fourth-order valence-electron chi connectivity index (χ4n) is 1.35. The van der Waals surface area contributed by atoms with E-state index in [0.29, 0.717) is 10.7 Å². The van der Waals surface area contributed by atoms with Gasteiger partial charge in [0, 0.05) is 32.4 Å². The molecule has 1 atom stereocenters. The molecule has 0 aliphatic rings. The number of fused-ring (bicyclic) bond motifs is 1. The summed E-state index contributed by atoms with van der Waals surface area (Å²) >= 11 is 7.86. The zero-order valence-corrected chi connectivity index (χ0v) is 11.5. The van der Waals surface area contributed by atoms with E-state index < -0.39 is 6.10 Å². The molecular weight excluding hydrogens is 361 g/mol. The fourth-order valence-corrected chi connectivity index (χ4v) is 2.34. The Bertz CT molecular complexity index is 553. The molecule has 16 heavy (non-hydrogen) atoms. The van der Waals surface area contributed by atoms with Gasteiger partial charge in [0.15, 0.2) is 0 Å². The first-order valence-electron chi connectivity index (χ1n) is 4.22. The van der Waals surface area contributed by atoms with Gasteiger partial charge in [-0.2, -0.15) is 5.26 Å². The maximum absolute atomic E-state index is 8.98. The lowest BCUT2D eigenvalue weighted by molar-refractivity contribution is 0.316. The van der Waals surface area contributed by atoms with Crippen LogP contribution < -0.4 is 0 Å². The van der Waals surface area contributed by atoms with Gasteiger partial charge in [0.1, 0.15) is 11.8 Å². The van der Waals surface area contributed by atoms with Gasteiger partial charge in [0.25, 0.3) is 0 Å². The molecule has 0 spiro atoms. The van der Waals surface area contributed by atoms with Gasteiger partial charge in [-0.3, -0.25) is 4.18 Å². The molecule has 0 N–H and O–H groups in total. The van der Waals surface area contributed by atoms with Gasteiger partial charge in [-0.15, -0.1) is 0 Å². The van der Waals surface area contributed by atoms with E-state index in [0.717, 1.165) is 14.7 Å². The summed E-state index contributed by atoms with van der Waals surface area (Å²) in [6, 6.07) is 5.57. The van der Waals surface area contributed by atoms with Crippen molar-refractivity contribution in [1.29, 1.82) is 5.26 Å².